The van der Waals surface area contributed by atoms with Crippen molar-refractivity contribution in [2.75, 3.05) is 5.32 Å². The minimum absolute atomic E-state index is 0.302. The third-order valence-electron chi connectivity index (χ3n) is 2.76. The van der Waals surface area contributed by atoms with E-state index in [-0.39, 0.29) is 5.91 Å². The topological polar surface area (TPSA) is 72.7 Å². The van der Waals surface area contributed by atoms with E-state index in [9.17, 15) is 4.79 Å². The second-order valence-electron chi connectivity index (χ2n) is 4.17. The zero-order chi connectivity index (χ0) is 14.7. The summed E-state index contributed by atoms with van der Waals surface area (Å²) < 4.78 is 1.63. The van der Waals surface area contributed by atoms with Gasteiger partial charge in [-0.3, -0.25) is 9.78 Å². The minimum Gasteiger partial charge on any atom is -0.321 e. The Morgan fingerprint density at radius 3 is 2.76 bits per heavy atom. The first-order chi connectivity index (χ1) is 10.2. The van der Waals surface area contributed by atoms with E-state index < -0.39 is 0 Å². The first-order valence-corrected chi connectivity index (χ1v) is 6.49. The van der Waals surface area contributed by atoms with Crippen LogP contribution in [0.1, 0.15) is 10.4 Å². The van der Waals surface area contributed by atoms with Crippen LogP contribution in [0.25, 0.3) is 5.82 Å². The first-order valence-electron chi connectivity index (χ1n) is 6.11. The van der Waals surface area contributed by atoms with Gasteiger partial charge >= 0.3 is 0 Å². The number of carbonyl (C=O) groups excluding carboxylic acids is 1. The van der Waals surface area contributed by atoms with Crippen LogP contribution in [0.15, 0.2) is 55.2 Å². The number of pyridine rings is 2. The van der Waals surface area contributed by atoms with Gasteiger partial charge in [0.25, 0.3) is 5.91 Å². The third-order valence-corrected chi connectivity index (χ3v) is 3.06. The van der Waals surface area contributed by atoms with Gasteiger partial charge in [-0.2, -0.15) is 5.10 Å². The molecular weight excluding hydrogens is 290 g/mol. The van der Waals surface area contributed by atoms with Crippen LogP contribution in [-0.4, -0.2) is 25.7 Å². The molecule has 0 saturated carbocycles. The Balaban J connectivity index is 1.77. The van der Waals surface area contributed by atoms with Crippen molar-refractivity contribution in [3.05, 3.63) is 65.8 Å². The molecule has 0 radical (unpaired) electrons. The predicted octanol–water partition coefficient (Wildman–Crippen LogP) is 2.57. The van der Waals surface area contributed by atoms with Crippen molar-refractivity contribution in [2.45, 2.75) is 0 Å². The molecule has 1 amide bonds. The van der Waals surface area contributed by atoms with E-state index in [2.05, 4.69) is 20.4 Å². The number of rotatable bonds is 3. The maximum Gasteiger partial charge on any atom is 0.257 e. The van der Waals surface area contributed by atoms with Crippen molar-refractivity contribution in [1.29, 1.82) is 0 Å². The van der Waals surface area contributed by atoms with Crippen LogP contribution in [0.4, 0.5) is 5.69 Å². The number of nitrogens with zero attached hydrogens (tertiary/aromatic N) is 4. The molecule has 0 saturated heterocycles. The van der Waals surface area contributed by atoms with Gasteiger partial charge in [-0.25, -0.2) is 9.67 Å². The fraction of sp³-hybridized carbons (Fsp3) is 0. The summed E-state index contributed by atoms with van der Waals surface area (Å²) in [5.41, 5.74) is 0.937. The van der Waals surface area contributed by atoms with Gasteiger partial charge in [0.15, 0.2) is 5.82 Å². The smallest absolute Gasteiger partial charge is 0.257 e. The minimum atomic E-state index is -0.309. The molecule has 0 unspecified atom stereocenters. The standard InChI is InChI=1S/C14H10ClN5O/c15-12-9-16-6-4-11(12)14(21)19-10-2-3-13(17-8-10)20-7-1-5-18-20/h1-9H,(H,19,21). The van der Waals surface area contributed by atoms with Crippen molar-refractivity contribution < 1.29 is 4.79 Å². The summed E-state index contributed by atoms with van der Waals surface area (Å²) in [5, 5.41) is 7.11. The summed E-state index contributed by atoms with van der Waals surface area (Å²) in [7, 11) is 0. The Morgan fingerprint density at radius 1 is 1.19 bits per heavy atom. The van der Waals surface area contributed by atoms with Crippen LogP contribution in [0.3, 0.4) is 0 Å². The molecule has 0 bridgehead atoms. The number of hydrogen-bond acceptors (Lipinski definition) is 4. The number of anilines is 1. The van der Waals surface area contributed by atoms with Crippen molar-refractivity contribution in [2.24, 2.45) is 0 Å². The molecule has 6 nitrogen and oxygen atoms in total. The van der Waals surface area contributed by atoms with Gasteiger partial charge in [0.05, 0.1) is 22.5 Å². The van der Waals surface area contributed by atoms with Crippen molar-refractivity contribution in [1.82, 2.24) is 19.7 Å². The summed E-state index contributed by atoms with van der Waals surface area (Å²) in [4.78, 5) is 20.2. The predicted molar refractivity (Wildman–Crippen MR) is 78.6 cm³/mol. The number of amides is 1. The molecule has 104 valence electrons. The van der Waals surface area contributed by atoms with Crippen LogP contribution in [-0.2, 0) is 0 Å². The van der Waals surface area contributed by atoms with Crippen molar-refractivity contribution in [3.8, 4) is 5.82 Å². The van der Waals surface area contributed by atoms with Crippen molar-refractivity contribution >= 4 is 23.2 Å². The van der Waals surface area contributed by atoms with Gasteiger partial charge in [0.2, 0.25) is 0 Å². The molecule has 0 aliphatic rings. The van der Waals surface area contributed by atoms with Crippen molar-refractivity contribution in [3.63, 3.8) is 0 Å². The number of halogens is 1. The summed E-state index contributed by atoms with van der Waals surface area (Å²) in [6.45, 7) is 0. The summed E-state index contributed by atoms with van der Waals surface area (Å²) in [6, 6.07) is 6.87. The van der Waals surface area contributed by atoms with Gasteiger partial charge in [-0.1, -0.05) is 11.6 Å². The number of aromatic nitrogens is 4. The maximum atomic E-state index is 12.1. The highest BCUT2D eigenvalue weighted by Crippen LogP contribution is 2.16. The molecule has 7 heteroatoms. The SMILES string of the molecule is O=C(Nc1ccc(-n2cccn2)nc1)c1ccncc1Cl. The molecule has 3 heterocycles. The number of carbonyl (C=O) groups is 1. The van der Waals surface area contributed by atoms with Crippen LogP contribution in [0, 0.1) is 0 Å². The molecule has 3 aromatic rings. The van der Waals surface area contributed by atoms with Gasteiger partial charge in [-0.15, -0.1) is 0 Å². The second-order valence-corrected chi connectivity index (χ2v) is 4.57. The monoisotopic (exact) mass is 299 g/mol. The fourth-order valence-electron chi connectivity index (χ4n) is 1.76. The Hall–Kier alpha value is -2.73. The molecule has 0 aliphatic carbocycles. The van der Waals surface area contributed by atoms with Gasteiger partial charge in [0, 0.05) is 24.8 Å². The largest absolute Gasteiger partial charge is 0.321 e. The molecule has 1 N–H and O–H groups in total. The van der Waals surface area contributed by atoms with E-state index in [1.54, 1.807) is 41.5 Å². The van der Waals surface area contributed by atoms with E-state index in [4.69, 9.17) is 11.6 Å². The highest BCUT2D eigenvalue weighted by molar-refractivity contribution is 6.34. The molecule has 3 aromatic heterocycles. The average molecular weight is 300 g/mol. The van der Waals surface area contributed by atoms with Crippen LogP contribution in [0.5, 0.6) is 0 Å². The number of nitrogens with one attached hydrogen (secondary N) is 1. The lowest BCUT2D eigenvalue weighted by molar-refractivity contribution is 0.102. The molecule has 0 atom stereocenters. The Morgan fingerprint density at radius 2 is 2.10 bits per heavy atom. The molecular formula is C14H10ClN5O. The van der Waals surface area contributed by atoms with Crippen LogP contribution >= 0.6 is 11.6 Å². The lowest BCUT2D eigenvalue weighted by Crippen LogP contribution is -2.13. The first kappa shape index (κ1) is 13.3. The Labute approximate surface area is 125 Å². The quantitative estimate of drug-likeness (QED) is 0.806. The molecule has 21 heavy (non-hydrogen) atoms. The number of hydrogen-bond donors (Lipinski definition) is 1. The van der Waals surface area contributed by atoms with E-state index in [1.165, 1.54) is 12.4 Å². The Kier molecular flexibility index (Phi) is 3.61. The average Bonchev–Trinajstić information content (AvgIpc) is 3.02. The van der Waals surface area contributed by atoms with Gasteiger partial charge in [0.1, 0.15) is 0 Å². The van der Waals surface area contributed by atoms with E-state index >= 15 is 0 Å². The van der Waals surface area contributed by atoms with Gasteiger partial charge < -0.3 is 5.32 Å². The fourth-order valence-corrected chi connectivity index (χ4v) is 1.96. The molecule has 0 fully saturated rings. The van der Waals surface area contributed by atoms with Crippen LogP contribution in [0.2, 0.25) is 5.02 Å². The zero-order valence-electron chi connectivity index (χ0n) is 10.8. The Bertz CT molecular complexity index is 755. The highest BCUT2D eigenvalue weighted by Gasteiger charge is 2.10. The molecule has 3 rings (SSSR count). The second kappa shape index (κ2) is 5.72. The summed E-state index contributed by atoms with van der Waals surface area (Å²) in [6.07, 6.45) is 7.96. The maximum absolute atomic E-state index is 12.1. The summed E-state index contributed by atoms with van der Waals surface area (Å²) >= 11 is 5.93. The molecule has 0 aliphatic heterocycles. The van der Waals surface area contributed by atoms with E-state index in [1.807, 2.05) is 6.07 Å². The lowest BCUT2D eigenvalue weighted by atomic mass is 10.2. The normalized spacial score (nSPS) is 10.3. The lowest BCUT2D eigenvalue weighted by Gasteiger charge is -2.07. The summed E-state index contributed by atoms with van der Waals surface area (Å²) in [5.74, 6) is 0.357. The third kappa shape index (κ3) is 2.90. The highest BCUT2D eigenvalue weighted by atomic mass is 35.5. The van der Waals surface area contributed by atoms with E-state index in [0.717, 1.165) is 0 Å². The zero-order valence-corrected chi connectivity index (χ0v) is 11.5. The van der Waals surface area contributed by atoms with Gasteiger partial charge in [-0.05, 0) is 24.3 Å². The van der Waals surface area contributed by atoms with E-state index in [0.29, 0.717) is 22.1 Å². The molecule has 0 aromatic carbocycles. The molecule has 0 spiro atoms. The van der Waals surface area contributed by atoms with Crippen LogP contribution < -0.4 is 5.32 Å².